The first kappa shape index (κ1) is 15.6. The Morgan fingerprint density at radius 1 is 1.11 bits per heavy atom. The molecule has 0 radical (unpaired) electrons. The largest absolute Gasteiger partial charge is 0.440 e. The van der Waals surface area contributed by atoms with Gasteiger partial charge in [0.15, 0.2) is 9.04 Å². The molecule has 0 saturated heterocycles. The fourth-order valence-corrected chi connectivity index (χ4v) is 13.2. The van der Waals surface area contributed by atoms with E-state index in [9.17, 15) is 0 Å². The van der Waals surface area contributed by atoms with Crippen LogP contribution >= 0.6 is 0 Å². The third-order valence-corrected chi connectivity index (χ3v) is 12.8. The molecule has 0 spiro atoms. The number of benzene rings is 1. The van der Waals surface area contributed by atoms with Gasteiger partial charge in [0.05, 0.1) is 0 Å². The van der Waals surface area contributed by atoms with E-state index in [0.717, 1.165) is 0 Å². The quantitative estimate of drug-likeness (QED) is 0.752. The Kier molecular flexibility index (Phi) is 5.30. The van der Waals surface area contributed by atoms with E-state index in [1.165, 1.54) is 5.19 Å². The summed E-state index contributed by atoms with van der Waals surface area (Å²) in [5, 5.41) is 1.26. The van der Waals surface area contributed by atoms with E-state index in [1.807, 2.05) is 11.8 Å². The Balaban J connectivity index is 2.93. The van der Waals surface area contributed by atoms with Crippen LogP contribution in [0.2, 0.25) is 32.7 Å². The molecule has 5 heteroatoms. The second kappa shape index (κ2) is 6.12. The average molecular weight is 297 g/mol. The van der Waals surface area contributed by atoms with Gasteiger partial charge >= 0.3 is 8.56 Å². The van der Waals surface area contributed by atoms with Crippen LogP contribution in [0.15, 0.2) is 42.6 Å². The highest BCUT2D eigenvalue weighted by Gasteiger charge is 2.37. The topological polar surface area (TPSA) is 18.5 Å². The van der Waals surface area contributed by atoms with Crippen molar-refractivity contribution in [3.8, 4) is 0 Å². The van der Waals surface area contributed by atoms with Crippen molar-refractivity contribution in [3.63, 3.8) is 0 Å². The molecule has 0 aromatic heterocycles. The summed E-state index contributed by atoms with van der Waals surface area (Å²) in [7, 11) is -5.20. The Labute approximate surface area is 115 Å². The monoisotopic (exact) mass is 296 g/mol. The van der Waals surface area contributed by atoms with Gasteiger partial charge in [-0.25, -0.2) is 0 Å². The Morgan fingerprint density at radius 2 is 1.67 bits per heavy atom. The van der Waals surface area contributed by atoms with E-state index in [-0.39, 0.29) is 0 Å². The molecule has 0 saturated carbocycles. The Hall–Kier alpha value is -0.469. The Bertz CT molecular complexity index is 392. The van der Waals surface area contributed by atoms with Gasteiger partial charge in [-0.05, 0) is 37.9 Å². The molecule has 1 rings (SSSR count). The highest BCUT2D eigenvalue weighted by atomic mass is 28.5. The molecule has 1 aromatic carbocycles. The second-order valence-corrected chi connectivity index (χ2v) is 15.2. The van der Waals surface area contributed by atoms with Crippen molar-refractivity contribution in [2.45, 2.75) is 32.7 Å². The summed E-state index contributed by atoms with van der Waals surface area (Å²) in [5.74, 6) is 0. The highest BCUT2D eigenvalue weighted by Crippen LogP contribution is 2.17. The van der Waals surface area contributed by atoms with Crippen LogP contribution in [0.3, 0.4) is 0 Å². The highest BCUT2D eigenvalue weighted by molar-refractivity contribution is 6.95. The zero-order valence-corrected chi connectivity index (χ0v) is 15.2. The van der Waals surface area contributed by atoms with Crippen molar-refractivity contribution >= 4 is 31.1 Å². The fraction of sp³-hybridized carbons (Fsp3) is 0.385. The lowest BCUT2D eigenvalue weighted by Crippen LogP contribution is -2.55. The summed E-state index contributed by atoms with van der Waals surface area (Å²) >= 11 is 0. The SMILES string of the molecule is C=C[Si](C)(O[Si](C)(C)O[SiH](C)C)c1ccccc1. The van der Waals surface area contributed by atoms with Crippen LogP contribution in [0.5, 0.6) is 0 Å². The fourth-order valence-electron chi connectivity index (χ4n) is 2.09. The molecule has 1 atom stereocenters. The predicted molar refractivity (Wildman–Crippen MR) is 86.4 cm³/mol. The van der Waals surface area contributed by atoms with Gasteiger partial charge in [0.1, 0.15) is 0 Å². The maximum atomic E-state index is 6.44. The van der Waals surface area contributed by atoms with Gasteiger partial charge in [-0.15, -0.1) is 6.58 Å². The molecule has 0 fully saturated rings. The molecule has 0 aliphatic heterocycles. The van der Waals surface area contributed by atoms with Crippen LogP contribution in [-0.2, 0) is 8.23 Å². The van der Waals surface area contributed by atoms with Crippen LogP contribution in [-0.4, -0.2) is 25.9 Å². The van der Waals surface area contributed by atoms with E-state index in [2.05, 4.69) is 63.6 Å². The molecule has 1 aromatic rings. The maximum Gasteiger partial charge on any atom is 0.311 e. The predicted octanol–water partition coefficient (Wildman–Crippen LogP) is 2.91. The normalized spacial score (nSPS) is 15.4. The average Bonchev–Trinajstić information content (AvgIpc) is 2.27. The van der Waals surface area contributed by atoms with Crippen molar-refractivity contribution in [2.24, 2.45) is 0 Å². The summed E-state index contributed by atoms with van der Waals surface area (Å²) in [5.41, 5.74) is 2.00. The molecule has 0 aliphatic carbocycles. The molecule has 0 N–H and O–H groups in total. The summed E-state index contributed by atoms with van der Waals surface area (Å²) in [4.78, 5) is 0. The van der Waals surface area contributed by atoms with Crippen molar-refractivity contribution in [1.82, 2.24) is 0 Å². The van der Waals surface area contributed by atoms with E-state index in [1.54, 1.807) is 0 Å². The van der Waals surface area contributed by atoms with Gasteiger partial charge in [-0.3, -0.25) is 0 Å². The number of rotatable bonds is 6. The lowest BCUT2D eigenvalue weighted by Gasteiger charge is -2.35. The van der Waals surface area contributed by atoms with E-state index >= 15 is 0 Å². The summed E-state index contributed by atoms with van der Waals surface area (Å²) in [6.45, 7) is 14.8. The Morgan fingerprint density at radius 3 is 2.11 bits per heavy atom. The minimum atomic E-state index is -2.08. The van der Waals surface area contributed by atoms with Gasteiger partial charge in [-0.1, -0.05) is 36.0 Å². The lowest BCUT2D eigenvalue weighted by atomic mass is 10.4. The van der Waals surface area contributed by atoms with E-state index < -0.39 is 25.9 Å². The maximum absolute atomic E-state index is 6.44. The van der Waals surface area contributed by atoms with Crippen LogP contribution in [0.25, 0.3) is 0 Å². The minimum Gasteiger partial charge on any atom is -0.440 e. The van der Waals surface area contributed by atoms with Crippen molar-refractivity contribution < 1.29 is 8.23 Å². The third-order valence-electron chi connectivity index (χ3n) is 2.71. The summed E-state index contributed by atoms with van der Waals surface area (Å²) < 4.78 is 12.5. The van der Waals surface area contributed by atoms with Crippen LogP contribution in [0.1, 0.15) is 0 Å². The zero-order chi connectivity index (χ0) is 13.8. The van der Waals surface area contributed by atoms with Crippen LogP contribution in [0, 0.1) is 0 Å². The second-order valence-electron chi connectivity index (χ2n) is 5.35. The lowest BCUT2D eigenvalue weighted by molar-refractivity contribution is 0.410. The molecule has 0 amide bonds. The van der Waals surface area contributed by atoms with Gasteiger partial charge in [0.2, 0.25) is 8.32 Å². The first-order valence-corrected chi connectivity index (χ1v) is 14.4. The minimum absolute atomic E-state index is 1.07. The van der Waals surface area contributed by atoms with Gasteiger partial charge in [0.25, 0.3) is 0 Å². The number of hydrogen-bond acceptors (Lipinski definition) is 2. The molecule has 2 nitrogen and oxygen atoms in total. The van der Waals surface area contributed by atoms with Gasteiger partial charge in [0, 0.05) is 0 Å². The summed E-state index contributed by atoms with van der Waals surface area (Å²) in [6.07, 6.45) is 0. The molecular formula is C13H24O2Si3. The van der Waals surface area contributed by atoms with Crippen molar-refractivity contribution in [3.05, 3.63) is 42.6 Å². The molecule has 0 bridgehead atoms. The third kappa shape index (κ3) is 4.33. The van der Waals surface area contributed by atoms with Crippen LogP contribution in [0.4, 0.5) is 0 Å². The first-order valence-electron chi connectivity index (χ1n) is 6.36. The van der Waals surface area contributed by atoms with E-state index in [0.29, 0.717) is 0 Å². The molecule has 1 unspecified atom stereocenters. The summed E-state index contributed by atoms with van der Waals surface area (Å²) in [6, 6.07) is 10.4. The molecular weight excluding hydrogens is 272 g/mol. The molecule has 0 aliphatic rings. The number of hydrogen-bond donors (Lipinski definition) is 0. The molecule has 0 heterocycles. The van der Waals surface area contributed by atoms with E-state index in [4.69, 9.17) is 8.23 Å². The van der Waals surface area contributed by atoms with Crippen molar-refractivity contribution in [1.29, 1.82) is 0 Å². The van der Waals surface area contributed by atoms with Crippen LogP contribution < -0.4 is 5.19 Å². The molecule has 100 valence electrons. The zero-order valence-electron chi connectivity index (χ0n) is 12.1. The van der Waals surface area contributed by atoms with Gasteiger partial charge < -0.3 is 8.23 Å². The first-order chi connectivity index (χ1) is 8.29. The van der Waals surface area contributed by atoms with Crippen molar-refractivity contribution in [2.75, 3.05) is 0 Å². The smallest absolute Gasteiger partial charge is 0.311 e. The molecule has 18 heavy (non-hydrogen) atoms. The standard InChI is InChI=1S/C13H24O2Si3/c1-7-18(6,13-11-9-8-10-12-13)15-17(4,5)14-16(2)3/h7-12,16H,1H2,2-6H3. The van der Waals surface area contributed by atoms with Gasteiger partial charge in [-0.2, -0.15) is 0 Å².